The summed E-state index contributed by atoms with van der Waals surface area (Å²) in [4.78, 5) is 15.0. The largest absolute Gasteiger partial charge is 0.401 e. The van der Waals surface area contributed by atoms with Gasteiger partial charge >= 0.3 is 6.18 Å². The number of hydrogen-bond acceptors (Lipinski definition) is 3. The van der Waals surface area contributed by atoms with Gasteiger partial charge in [0.15, 0.2) is 0 Å². The van der Waals surface area contributed by atoms with Gasteiger partial charge in [0.05, 0.1) is 12.6 Å². The van der Waals surface area contributed by atoms with E-state index in [2.05, 4.69) is 0 Å². The van der Waals surface area contributed by atoms with Gasteiger partial charge in [-0.15, -0.1) is 0 Å². The molecule has 1 aliphatic heterocycles. The first-order valence-electron chi connectivity index (χ1n) is 6.47. The lowest BCUT2D eigenvalue weighted by Crippen LogP contribution is -2.58. The van der Waals surface area contributed by atoms with E-state index >= 15 is 0 Å². The third kappa shape index (κ3) is 4.65. The van der Waals surface area contributed by atoms with Crippen LogP contribution >= 0.6 is 0 Å². The monoisotopic (exact) mass is 281 g/mol. The molecule has 0 aromatic rings. The number of nitrogens with two attached hydrogens (primary N) is 1. The van der Waals surface area contributed by atoms with Crippen molar-refractivity contribution in [2.75, 3.05) is 26.2 Å². The quantitative estimate of drug-likeness (QED) is 0.841. The highest BCUT2D eigenvalue weighted by Gasteiger charge is 2.36. The van der Waals surface area contributed by atoms with Crippen molar-refractivity contribution in [3.05, 3.63) is 0 Å². The molecule has 0 aromatic heterocycles. The average Bonchev–Trinajstić information content (AvgIpc) is 2.28. The van der Waals surface area contributed by atoms with Crippen LogP contribution in [0.3, 0.4) is 0 Å². The second-order valence-corrected chi connectivity index (χ2v) is 5.49. The Morgan fingerprint density at radius 2 is 1.95 bits per heavy atom. The Labute approximate surface area is 111 Å². The summed E-state index contributed by atoms with van der Waals surface area (Å²) >= 11 is 0. The fourth-order valence-corrected chi connectivity index (χ4v) is 2.16. The van der Waals surface area contributed by atoms with Gasteiger partial charge in [0.2, 0.25) is 5.91 Å². The molecule has 1 aliphatic rings. The Hall–Kier alpha value is -0.820. The Kier molecular flexibility index (Phi) is 5.20. The van der Waals surface area contributed by atoms with Gasteiger partial charge in [-0.2, -0.15) is 13.2 Å². The Morgan fingerprint density at radius 1 is 1.37 bits per heavy atom. The first-order valence-corrected chi connectivity index (χ1v) is 6.47. The topological polar surface area (TPSA) is 49.6 Å². The highest BCUT2D eigenvalue weighted by Crippen LogP contribution is 2.20. The maximum Gasteiger partial charge on any atom is 0.401 e. The van der Waals surface area contributed by atoms with Gasteiger partial charge < -0.3 is 10.6 Å². The summed E-state index contributed by atoms with van der Waals surface area (Å²) in [5.74, 6) is -0.149. The fraction of sp³-hybridized carbons (Fsp3) is 0.917. The molecule has 1 saturated heterocycles. The molecule has 0 aromatic carbocycles. The molecule has 19 heavy (non-hydrogen) atoms. The normalized spacial score (nSPS) is 23.8. The molecular formula is C12H22F3N3O. The van der Waals surface area contributed by atoms with Crippen LogP contribution in [0.5, 0.6) is 0 Å². The Bertz CT molecular complexity index is 320. The number of piperazine rings is 1. The first-order chi connectivity index (χ1) is 8.61. The molecule has 2 N–H and O–H groups in total. The molecule has 1 heterocycles. The molecule has 1 fully saturated rings. The number of nitrogens with zero attached hydrogens (tertiary/aromatic N) is 2. The minimum absolute atomic E-state index is 0.0241. The molecular weight excluding hydrogens is 259 g/mol. The molecule has 1 unspecified atom stereocenters. The summed E-state index contributed by atoms with van der Waals surface area (Å²) < 4.78 is 37.1. The third-order valence-electron chi connectivity index (χ3n) is 3.46. The zero-order valence-corrected chi connectivity index (χ0v) is 11.6. The van der Waals surface area contributed by atoms with E-state index in [0.29, 0.717) is 13.1 Å². The molecule has 0 saturated carbocycles. The van der Waals surface area contributed by atoms with Gasteiger partial charge in [-0.25, -0.2) is 0 Å². The Balaban J connectivity index is 2.56. The lowest BCUT2D eigenvalue weighted by molar-refractivity contribution is -0.158. The first kappa shape index (κ1) is 16.2. The lowest BCUT2D eigenvalue weighted by Gasteiger charge is -2.41. The highest BCUT2D eigenvalue weighted by atomic mass is 19.4. The van der Waals surface area contributed by atoms with Gasteiger partial charge in [0, 0.05) is 25.7 Å². The zero-order valence-electron chi connectivity index (χ0n) is 11.6. The van der Waals surface area contributed by atoms with Crippen LogP contribution in [0.15, 0.2) is 0 Å². The van der Waals surface area contributed by atoms with E-state index in [-0.39, 0.29) is 24.4 Å². The molecule has 0 radical (unpaired) electrons. The van der Waals surface area contributed by atoms with Crippen LogP contribution in [-0.2, 0) is 4.79 Å². The third-order valence-corrected chi connectivity index (χ3v) is 3.46. The van der Waals surface area contributed by atoms with Crippen LogP contribution in [0, 0.1) is 5.92 Å². The zero-order chi connectivity index (χ0) is 14.8. The number of rotatable bonds is 3. The smallest absolute Gasteiger partial charge is 0.338 e. The number of hydrogen-bond donors (Lipinski definition) is 1. The number of carbonyl (C=O) groups is 1. The predicted molar refractivity (Wildman–Crippen MR) is 66.5 cm³/mol. The maximum absolute atomic E-state index is 12.4. The summed E-state index contributed by atoms with van der Waals surface area (Å²) in [5, 5.41) is 0. The molecule has 0 aliphatic carbocycles. The van der Waals surface area contributed by atoms with E-state index in [0.717, 1.165) is 0 Å². The number of halogens is 3. The van der Waals surface area contributed by atoms with Gasteiger partial charge in [0.25, 0.3) is 0 Å². The predicted octanol–water partition coefficient (Wildman–Crippen LogP) is 1.06. The molecule has 7 heteroatoms. The van der Waals surface area contributed by atoms with Crippen molar-refractivity contribution in [2.45, 2.75) is 39.0 Å². The molecule has 1 amide bonds. The van der Waals surface area contributed by atoms with Crippen molar-refractivity contribution in [3.8, 4) is 0 Å². The van der Waals surface area contributed by atoms with Crippen LogP contribution in [0.2, 0.25) is 0 Å². The van der Waals surface area contributed by atoms with E-state index in [4.69, 9.17) is 5.73 Å². The summed E-state index contributed by atoms with van der Waals surface area (Å²) in [7, 11) is 0. The van der Waals surface area contributed by atoms with Crippen LogP contribution in [0.1, 0.15) is 20.8 Å². The van der Waals surface area contributed by atoms with Crippen molar-refractivity contribution >= 4 is 5.91 Å². The molecule has 0 bridgehead atoms. The lowest BCUT2D eigenvalue weighted by atomic mass is 10.0. The maximum atomic E-state index is 12.4. The van der Waals surface area contributed by atoms with Crippen molar-refractivity contribution in [2.24, 2.45) is 11.7 Å². The second kappa shape index (κ2) is 6.09. The van der Waals surface area contributed by atoms with E-state index in [9.17, 15) is 18.0 Å². The minimum Gasteiger partial charge on any atom is -0.338 e. The van der Waals surface area contributed by atoms with E-state index < -0.39 is 18.8 Å². The van der Waals surface area contributed by atoms with E-state index in [1.807, 2.05) is 13.8 Å². The van der Waals surface area contributed by atoms with E-state index in [1.54, 1.807) is 11.8 Å². The van der Waals surface area contributed by atoms with Crippen molar-refractivity contribution in [3.63, 3.8) is 0 Å². The van der Waals surface area contributed by atoms with Gasteiger partial charge in [0.1, 0.15) is 0 Å². The number of alkyl halides is 3. The van der Waals surface area contributed by atoms with Crippen LogP contribution in [0.4, 0.5) is 13.2 Å². The molecule has 1 rings (SSSR count). The van der Waals surface area contributed by atoms with Gasteiger partial charge in [-0.05, 0) is 12.8 Å². The summed E-state index contributed by atoms with van der Waals surface area (Å²) in [6, 6.07) is -0.889. The van der Waals surface area contributed by atoms with Crippen LogP contribution in [0.25, 0.3) is 0 Å². The van der Waals surface area contributed by atoms with Gasteiger partial charge in [-0.1, -0.05) is 13.8 Å². The minimum atomic E-state index is -4.20. The molecule has 0 spiro atoms. The molecule has 112 valence electrons. The summed E-state index contributed by atoms with van der Waals surface area (Å²) in [5.41, 5.74) is 5.79. The number of amides is 1. The summed E-state index contributed by atoms with van der Waals surface area (Å²) in [6.07, 6.45) is -4.20. The molecule has 4 nitrogen and oxygen atoms in total. The SMILES string of the molecule is CC(C)[C@H](N)C(=O)N1CCN(CC(F)(F)F)C(C)C1. The Morgan fingerprint density at radius 3 is 2.37 bits per heavy atom. The summed E-state index contributed by atoms with van der Waals surface area (Å²) in [6.45, 7) is 5.32. The second-order valence-electron chi connectivity index (χ2n) is 5.49. The highest BCUT2D eigenvalue weighted by molar-refractivity contribution is 5.82. The van der Waals surface area contributed by atoms with Gasteiger partial charge in [-0.3, -0.25) is 9.69 Å². The standard InChI is InChI=1S/C12H22F3N3O/c1-8(2)10(16)11(19)17-4-5-18(9(3)6-17)7-12(13,14)15/h8-10H,4-7,16H2,1-3H3/t9?,10-/m0/s1. The van der Waals surface area contributed by atoms with E-state index in [1.165, 1.54) is 4.90 Å². The number of carbonyl (C=O) groups excluding carboxylic acids is 1. The van der Waals surface area contributed by atoms with Crippen LogP contribution < -0.4 is 5.73 Å². The molecule has 2 atom stereocenters. The average molecular weight is 281 g/mol. The van der Waals surface area contributed by atoms with Crippen molar-refractivity contribution in [1.82, 2.24) is 9.80 Å². The van der Waals surface area contributed by atoms with Crippen molar-refractivity contribution < 1.29 is 18.0 Å². The van der Waals surface area contributed by atoms with Crippen LogP contribution in [-0.4, -0.2) is 60.1 Å². The van der Waals surface area contributed by atoms with Crippen molar-refractivity contribution in [1.29, 1.82) is 0 Å². The fourth-order valence-electron chi connectivity index (χ4n) is 2.16.